The minimum Gasteiger partial charge on any atom is -0.342 e. The standard InChI is InChI=1S/C18H26N4O/c23-18(6-3-15-12-19-8-9-20-15)21-11-7-17-14(13-21)2-1-10-22(17)16-4-5-16/h8-9,12,14,16-17H,1-7,10-11,13H2. The van der Waals surface area contributed by atoms with Crippen LogP contribution in [0.1, 0.15) is 44.2 Å². The van der Waals surface area contributed by atoms with Crippen LogP contribution >= 0.6 is 0 Å². The number of aryl methyl sites for hydroxylation is 1. The third-order valence-electron chi connectivity index (χ3n) is 5.69. The number of hydrogen-bond acceptors (Lipinski definition) is 4. The Balaban J connectivity index is 1.31. The van der Waals surface area contributed by atoms with Crippen LogP contribution in [0.15, 0.2) is 18.6 Å². The summed E-state index contributed by atoms with van der Waals surface area (Å²) in [7, 11) is 0. The fourth-order valence-corrected chi connectivity index (χ4v) is 4.38. The van der Waals surface area contributed by atoms with Gasteiger partial charge >= 0.3 is 0 Å². The van der Waals surface area contributed by atoms with Crippen molar-refractivity contribution in [2.45, 2.75) is 57.0 Å². The zero-order valence-corrected chi connectivity index (χ0v) is 13.7. The summed E-state index contributed by atoms with van der Waals surface area (Å²) in [5, 5.41) is 0. The maximum atomic E-state index is 12.5. The van der Waals surface area contributed by atoms with Gasteiger partial charge < -0.3 is 4.90 Å². The Morgan fingerprint density at radius 2 is 2.09 bits per heavy atom. The normalized spacial score (nSPS) is 28.4. The van der Waals surface area contributed by atoms with Gasteiger partial charge in [-0.1, -0.05) is 0 Å². The van der Waals surface area contributed by atoms with Crippen molar-refractivity contribution in [1.82, 2.24) is 19.8 Å². The molecule has 1 aromatic rings. The topological polar surface area (TPSA) is 49.3 Å². The molecule has 1 aliphatic carbocycles. The Morgan fingerprint density at radius 3 is 2.87 bits per heavy atom. The number of carbonyl (C=O) groups excluding carboxylic acids is 1. The van der Waals surface area contributed by atoms with Crippen molar-refractivity contribution in [3.05, 3.63) is 24.3 Å². The van der Waals surface area contributed by atoms with Crippen molar-refractivity contribution in [3.8, 4) is 0 Å². The van der Waals surface area contributed by atoms with E-state index in [-0.39, 0.29) is 5.91 Å². The Labute approximate surface area is 138 Å². The van der Waals surface area contributed by atoms with Crippen molar-refractivity contribution >= 4 is 5.91 Å². The van der Waals surface area contributed by atoms with E-state index in [0.717, 1.165) is 37.3 Å². The Morgan fingerprint density at radius 1 is 1.17 bits per heavy atom. The van der Waals surface area contributed by atoms with Gasteiger partial charge in [-0.3, -0.25) is 19.7 Å². The summed E-state index contributed by atoms with van der Waals surface area (Å²) in [5.74, 6) is 0.983. The van der Waals surface area contributed by atoms with E-state index in [1.54, 1.807) is 18.6 Å². The van der Waals surface area contributed by atoms with Gasteiger partial charge in [0.1, 0.15) is 0 Å². The summed E-state index contributed by atoms with van der Waals surface area (Å²) in [4.78, 5) is 25.7. The molecular weight excluding hydrogens is 288 g/mol. The lowest BCUT2D eigenvalue weighted by atomic mass is 9.83. The molecule has 5 nitrogen and oxygen atoms in total. The number of aromatic nitrogens is 2. The van der Waals surface area contributed by atoms with Crippen LogP contribution in [-0.2, 0) is 11.2 Å². The molecule has 0 radical (unpaired) electrons. The van der Waals surface area contributed by atoms with Crippen LogP contribution < -0.4 is 0 Å². The second-order valence-corrected chi connectivity index (χ2v) is 7.26. The second kappa shape index (κ2) is 6.56. The monoisotopic (exact) mass is 314 g/mol. The molecule has 1 amide bonds. The molecule has 0 N–H and O–H groups in total. The molecule has 1 aromatic heterocycles. The summed E-state index contributed by atoms with van der Waals surface area (Å²) in [6.07, 6.45) is 12.9. The Kier molecular flexibility index (Phi) is 4.29. The third kappa shape index (κ3) is 3.39. The summed E-state index contributed by atoms with van der Waals surface area (Å²) < 4.78 is 0. The van der Waals surface area contributed by atoms with Crippen molar-refractivity contribution in [2.75, 3.05) is 19.6 Å². The lowest BCUT2D eigenvalue weighted by molar-refractivity contribution is -0.135. The van der Waals surface area contributed by atoms with Gasteiger partial charge in [0.15, 0.2) is 0 Å². The maximum absolute atomic E-state index is 12.5. The van der Waals surface area contributed by atoms with Crippen LogP contribution in [0.4, 0.5) is 0 Å². The van der Waals surface area contributed by atoms with E-state index in [4.69, 9.17) is 0 Å². The minimum atomic E-state index is 0.289. The highest BCUT2D eigenvalue weighted by Gasteiger charge is 2.42. The van der Waals surface area contributed by atoms with Crippen LogP contribution in [-0.4, -0.2) is 57.4 Å². The summed E-state index contributed by atoms with van der Waals surface area (Å²) >= 11 is 0. The zero-order valence-electron chi connectivity index (χ0n) is 13.7. The molecule has 0 aromatic carbocycles. The predicted octanol–water partition coefficient (Wildman–Crippen LogP) is 1.88. The molecule has 2 aliphatic heterocycles. The van der Waals surface area contributed by atoms with Crippen LogP contribution in [0, 0.1) is 5.92 Å². The smallest absolute Gasteiger partial charge is 0.222 e. The number of amides is 1. The van der Waals surface area contributed by atoms with E-state index in [1.807, 2.05) is 0 Å². The number of nitrogens with zero attached hydrogens (tertiary/aromatic N) is 4. The molecule has 1 saturated carbocycles. The zero-order chi connectivity index (χ0) is 15.6. The van der Waals surface area contributed by atoms with Gasteiger partial charge in [0.05, 0.1) is 5.69 Å². The summed E-state index contributed by atoms with van der Waals surface area (Å²) in [5.41, 5.74) is 0.910. The van der Waals surface area contributed by atoms with Crippen molar-refractivity contribution in [3.63, 3.8) is 0 Å². The first-order valence-electron chi connectivity index (χ1n) is 9.09. The van der Waals surface area contributed by atoms with Crippen molar-refractivity contribution in [1.29, 1.82) is 0 Å². The number of likely N-dealkylation sites (tertiary alicyclic amines) is 2. The summed E-state index contributed by atoms with van der Waals surface area (Å²) in [6.45, 7) is 3.18. The lowest BCUT2D eigenvalue weighted by Crippen LogP contribution is -2.55. The number of fused-ring (bicyclic) bond motifs is 1. The van der Waals surface area contributed by atoms with Gasteiger partial charge in [-0.05, 0) is 51.0 Å². The first-order valence-corrected chi connectivity index (χ1v) is 9.09. The third-order valence-corrected chi connectivity index (χ3v) is 5.69. The molecule has 2 unspecified atom stereocenters. The highest BCUT2D eigenvalue weighted by atomic mass is 16.2. The Bertz CT molecular complexity index is 545. The van der Waals surface area contributed by atoms with Gasteiger partial charge in [0, 0.05) is 50.2 Å². The van der Waals surface area contributed by atoms with E-state index < -0.39 is 0 Å². The van der Waals surface area contributed by atoms with Crippen molar-refractivity contribution < 1.29 is 4.79 Å². The molecule has 5 heteroatoms. The van der Waals surface area contributed by atoms with Gasteiger partial charge in [0.2, 0.25) is 5.91 Å². The maximum Gasteiger partial charge on any atom is 0.222 e. The number of piperidine rings is 2. The van der Waals surface area contributed by atoms with Gasteiger partial charge in [-0.2, -0.15) is 0 Å². The molecule has 3 fully saturated rings. The Hall–Kier alpha value is -1.49. The number of rotatable bonds is 4. The molecule has 4 rings (SSSR count). The molecule has 2 atom stereocenters. The number of hydrogen-bond donors (Lipinski definition) is 0. The highest BCUT2D eigenvalue weighted by Crippen LogP contribution is 2.38. The SMILES string of the molecule is O=C(CCc1cnccn1)N1CCC2C(CCCN2C2CC2)C1. The highest BCUT2D eigenvalue weighted by molar-refractivity contribution is 5.76. The van der Waals surface area contributed by atoms with E-state index in [2.05, 4.69) is 19.8 Å². The van der Waals surface area contributed by atoms with Crippen LogP contribution in [0.3, 0.4) is 0 Å². The summed E-state index contributed by atoms with van der Waals surface area (Å²) in [6, 6.07) is 1.60. The minimum absolute atomic E-state index is 0.289. The number of carbonyl (C=O) groups is 1. The molecule has 3 aliphatic rings. The molecular formula is C18H26N4O. The van der Waals surface area contributed by atoms with Crippen LogP contribution in [0.2, 0.25) is 0 Å². The van der Waals surface area contributed by atoms with Crippen LogP contribution in [0.5, 0.6) is 0 Å². The average Bonchev–Trinajstić information content (AvgIpc) is 3.44. The van der Waals surface area contributed by atoms with Crippen molar-refractivity contribution in [2.24, 2.45) is 5.92 Å². The quantitative estimate of drug-likeness (QED) is 0.851. The van der Waals surface area contributed by atoms with E-state index in [9.17, 15) is 4.79 Å². The van der Waals surface area contributed by atoms with E-state index in [1.165, 1.54) is 32.2 Å². The first-order chi connectivity index (χ1) is 11.3. The van der Waals surface area contributed by atoms with E-state index >= 15 is 0 Å². The van der Waals surface area contributed by atoms with Crippen LogP contribution in [0.25, 0.3) is 0 Å². The molecule has 0 bridgehead atoms. The van der Waals surface area contributed by atoms with Gasteiger partial charge in [-0.15, -0.1) is 0 Å². The largest absolute Gasteiger partial charge is 0.342 e. The lowest BCUT2D eigenvalue weighted by Gasteiger charge is -2.47. The predicted molar refractivity (Wildman–Crippen MR) is 87.8 cm³/mol. The molecule has 2 saturated heterocycles. The fourth-order valence-electron chi connectivity index (χ4n) is 4.38. The second-order valence-electron chi connectivity index (χ2n) is 7.26. The fraction of sp³-hybridized carbons (Fsp3) is 0.722. The first kappa shape index (κ1) is 15.1. The molecule has 124 valence electrons. The van der Waals surface area contributed by atoms with E-state index in [0.29, 0.717) is 18.8 Å². The molecule has 23 heavy (non-hydrogen) atoms. The molecule has 3 heterocycles. The molecule has 0 spiro atoms. The van der Waals surface area contributed by atoms with Gasteiger partial charge in [0.25, 0.3) is 0 Å². The van der Waals surface area contributed by atoms with Gasteiger partial charge in [-0.25, -0.2) is 0 Å². The average molecular weight is 314 g/mol.